The number of aromatic nitrogens is 2. The first kappa shape index (κ1) is 17.5. The van der Waals surface area contributed by atoms with Crippen LogP contribution in [0.2, 0.25) is 0 Å². The number of anilines is 2. The summed E-state index contributed by atoms with van der Waals surface area (Å²) < 4.78 is 5.43. The smallest absolute Gasteiger partial charge is 0.134 e. The molecule has 0 unspecified atom stereocenters. The molecule has 5 nitrogen and oxygen atoms in total. The molecule has 0 atom stereocenters. The SMILES string of the molecule is c1ccc(C(CNc2cc(N3CCOCC3)ncn2)c2ccccc2)cc1. The van der Waals surface area contributed by atoms with Gasteiger partial charge in [0.05, 0.1) is 13.2 Å². The molecule has 1 N–H and O–H groups in total. The molecule has 0 amide bonds. The Hall–Kier alpha value is -2.92. The van der Waals surface area contributed by atoms with Crippen LogP contribution in [0.15, 0.2) is 73.1 Å². The van der Waals surface area contributed by atoms with Crippen molar-refractivity contribution in [2.24, 2.45) is 0 Å². The largest absolute Gasteiger partial charge is 0.378 e. The molecule has 2 aromatic carbocycles. The van der Waals surface area contributed by atoms with Crippen LogP contribution in [-0.2, 0) is 4.74 Å². The quantitative estimate of drug-likeness (QED) is 0.728. The van der Waals surface area contributed by atoms with Crippen molar-refractivity contribution < 1.29 is 4.74 Å². The molecule has 1 aliphatic rings. The van der Waals surface area contributed by atoms with E-state index < -0.39 is 0 Å². The van der Waals surface area contributed by atoms with E-state index in [4.69, 9.17) is 4.74 Å². The number of hydrogen-bond donors (Lipinski definition) is 1. The molecule has 0 bridgehead atoms. The lowest BCUT2D eigenvalue weighted by Gasteiger charge is -2.28. The number of morpholine rings is 1. The third-order valence-electron chi connectivity index (χ3n) is 4.88. The summed E-state index contributed by atoms with van der Waals surface area (Å²) in [4.78, 5) is 11.1. The molecule has 0 saturated carbocycles. The van der Waals surface area contributed by atoms with E-state index in [1.165, 1.54) is 11.1 Å². The Bertz CT molecular complexity index is 796. The first-order valence-corrected chi connectivity index (χ1v) is 9.38. The molecule has 1 saturated heterocycles. The standard InChI is InChI=1S/C22H24N4O/c1-3-7-18(8-4-1)20(19-9-5-2-6-10-19)16-23-21-15-22(25-17-24-21)26-11-13-27-14-12-26/h1-10,15,17,20H,11-14,16H2,(H,23,24,25). The third-order valence-corrected chi connectivity index (χ3v) is 4.88. The zero-order valence-electron chi connectivity index (χ0n) is 15.3. The lowest BCUT2D eigenvalue weighted by Crippen LogP contribution is -2.36. The maximum Gasteiger partial charge on any atom is 0.134 e. The fourth-order valence-electron chi connectivity index (χ4n) is 3.41. The lowest BCUT2D eigenvalue weighted by atomic mass is 9.91. The van der Waals surface area contributed by atoms with Gasteiger partial charge in [-0.1, -0.05) is 60.7 Å². The monoisotopic (exact) mass is 360 g/mol. The van der Waals surface area contributed by atoms with Crippen LogP contribution in [0.5, 0.6) is 0 Å². The fourth-order valence-corrected chi connectivity index (χ4v) is 3.41. The Morgan fingerprint density at radius 1 is 0.889 bits per heavy atom. The van der Waals surface area contributed by atoms with Gasteiger partial charge in [-0.2, -0.15) is 0 Å². The summed E-state index contributed by atoms with van der Waals surface area (Å²) in [6, 6.07) is 23.2. The molecule has 0 aliphatic carbocycles. The normalized spacial score (nSPS) is 14.3. The summed E-state index contributed by atoms with van der Waals surface area (Å²) in [6.07, 6.45) is 1.63. The van der Waals surface area contributed by atoms with Crippen molar-refractivity contribution in [2.75, 3.05) is 43.1 Å². The molecule has 1 aromatic heterocycles. The molecule has 27 heavy (non-hydrogen) atoms. The molecule has 3 aromatic rings. The van der Waals surface area contributed by atoms with Crippen LogP contribution >= 0.6 is 0 Å². The zero-order chi connectivity index (χ0) is 18.3. The van der Waals surface area contributed by atoms with Crippen molar-refractivity contribution in [2.45, 2.75) is 5.92 Å². The van der Waals surface area contributed by atoms with Gasteiger partial charge in [-0.05, 0) is 11.1 Å². The predicted octanol–water partition coefficient (Wildman–Crippen LogP) is 3.56. The van der Waals surface area contributed by atoms with Crippen LogP contribution in [0.25, 0.3) is 0 Å². The number of nitrogens with zero attached hydrogens (tertiary/aromatic N) is 3. The van der Waals surface area contributed by atoms with Gasteiger partial charge in [-0.15, -0.1) is 0 Å². The van der Waals surface area contributed by atoms with Crippen LogP contribution in [0.4, 0.5) is 11.6 Å². The second kappa shape index (κ2) is 8.64. The van der Waals surface area contributed by atoms with Crippen LogP contribution in [0, 0.1) is 0 Å². The molecule has 0 radical (unpaired) electrons. The van der Waals surface area contributed by atoms with Crippen molar-refractivity contribution in [3.63, 3.8) is 0 Å². The average molecular weight is 360 g/mol. The second-order valence-electron chi connectivity index (χ2n) is 6.62. The Balaban J connectivity index is 1.51. The van der Waals surface area contributed by atoms with Gasteiger partial charge in [0.15, 0.2) is 0 Å². The fraction of sp³-hybridized carbons (Fsp3) is 0.273. The Morgan fingerprint density at radius 2 is 1.52 bits per heavy atom. The number of hydrogen-bond acceptors (Lipinski definition) is 5. The van der Waals surface area contributed by atoms with E-state index in [0.717, 1.165) is 44.5 Å². The molecule has 1 fully saturated rings. The van der Waals surface area contributed by atoms with E-state index in [9.17, 15) is 0 Å². The highest BCUT2D eigenvalue weighted by atomic mass is 16.5. The average Bonchev–Trinajstić information content (AvgIpc) is 2.76. The van der Waals surface area contributed by atoms with Gasteiger partial charge < -0.3 is 15.0 Å². The minimum atomic E-state index is 0.259. The maximum atomic E-state index is 5.43. The van der Waals surface area contributed by atoms with Crippen LogP contribution in [0.3, 0.4) is 0 Å². The lowest BCUT2D eigenvalue weighted by molar-refractivity contribution is 0.122. The maximum absolute atomic E-state index is 5.43. The van der Waals surface area contributed by atoms with Crippen molar-refractivity contribution in [1.82, 2.24) is 9.97 Å². The van der Waals surface area contributed by atoms with Crippen LogP contribution in [-0.4, -0.2) is 42.8 Å². The summed E-state index contributed by atoms with van der Waals surface area (Å²) in [5.74, 6) is 2.06. The molecule has 0 spiro atoms. The van der Waals surface area contributed by atoms with E-state index in [1.54, 1.807) is 6.33 Å². The second-order valence-corrected chi connectivity index (χ2v) is 6.62. The summed E-state index contributed by atoms with van der Waals surface area (Å²) in [7, 11) is 0. The Labute approximate surface area is 160 Å². The molecular weight excluding hydrogens is 336 g/mol. The van der Waals surface area contributed by atoms with Gasteiger partial charge >= 0.3 is 0 Å². The molecule has 1 aliphatic heterocycles. The van der Waals surface area contributed by atoms with Gasteiger partial charge in [-0.25, -0.2) is 9.97 Å². The van der Waals surface area contributed by atoms with Gasteiger partial charge in [0.25, 0.3) is 0 Å². The first-order valence-electron chi connectivity index (χ1n) is 9.38. The highest BCUT2D eigenvalue weighted by Gasteiger charge is 2.16. The Morgan fingerprint density at radius 3 is 2.15 bits per heavy atom. The summed E-state index contributed by atoms with van der Waals surface area (Å²) in [5.41, 5.74) is 2.58. The third kappa shape index (κ3) is 4.44. The summed E-state index contributed by atoms with van der Waals surface area (Å²) >= 11 is 0. The number of rotatable bonds is 6. The number of nitrogens with one attached hydrogen (secondary N) is 1. The minimum absolute atomic E-state index is 0.259. The number of benzene rings is 2. The van der Waals surface area contributed by atoms with Crippen molar-refractivity contribution >= 4 is 11.6 Å². The van der Waals surface area contributed by atoms with E-state index in [-0.39, 0.29) is 5.92 Å². The molecule has 4 rings (SSSR count). The van der Waals surface area contributed by atoms with Gasteiger partial charge in [-0.3, -0.25) is 0 Å². The van der Waals surface area contributed by atoms with Crippen LogP contribution < -0.4 is 10.2 Å². The molecule has 5 heteroatoms. The summed E-state index contributed by atoms with van der Waals surface area (Å²) in [6.45, 7) is 4.00. The van der Waals surface area contributed by atoms with Gasteiger partial charge in [0, 0.05) is 31.6 Å². The van der Waals surface area contributed by atoms with Crippen molar-refractivity contribution in [3.8, 4) is 0 Å². The van der Waals surface area contributed by atoms with E-state index in [0.29, 0.717) is 0 Å². The van der Waals surface area contributed by atoms with Crippen LogP contribution in [0.1, 0.15) is 17.0 Å². The number of ether oxygens (including phenoxy) is 1. The van der Waals surface area contributed by atoms with Crippen molar-refractivity contribution in [3.05, 3.63) is 84.2 Å². The van der Waals surface area contributed by atoms with E-state index >= 15 is 0 Å². The minimum Gasteiger partial charge on any atom is -0.378 e. The molecule has 2 heterocycles. The topological polar surface area (TPSA) is 50.3 Å². The van der Waals surface area contributed by atoms with Gasteiger partial charge in [0.2, 0.25) is 0 Å². The van der Waals surface area contributed by atoms with E-state index in [1.807, 2.05) is 6.07 Å². The first-order chi connectivity index (χ1) is 13.4. The zero-order valence-corrected chi connectivity index (χ0v) is 15.3. The van der Waals surface area contributed by atoms with E-state index in [2.05, 4.69) is 80.8 Å². The Kier molecular flexibility index (Phi) is 5.60. The summed E-state index contributed by atoms with van der Waals surface area (Å²) in [5, 5.41) is 3.51. The molecule has 138 valence electrons. The predicted molar refractivity (Wildman–Crippen MR) is 108 cm³/mol. The van der Waals surface area contributed by atoms with Gasteiger partial charge in [0.1, 0.15) is 18.0 Å². The van der Waals surface area contributed by atoms with Crippen molar-refractivity contribution in [1.29, 1.82) is 0 Å². The highest BCUT2D eigenvalue weighted by Crippen LogP contribution is 2.25. The highest BCUT2D eigenvalue weighted by molar-refractivity contribution is 5.49. The molecular formula is C22H24N4O.